The van der Waals surface area contributed by atoms with Crippen molar-refractivity contribution in [1.82, 2.24) is 0 Å². The monoisotopic (exact) mass is 218 g/mol. The number of hydrogen-bond donors (Lipinski definition) is 1. The lowest BCUT2D eigenvalue weighted by atomic mass is 9.86. The fourth-order valence-electron chi connectivity index (χ4n) is 2.67. The first-order valence-corrected chi connectivity index (χ1v) is 6.25. The molecule has 1 fully saturated rings. The lowest BCUT2D eigenvalue weighted by Gasteiger charge is -2.35. The van der Waals surface area contributed by atoms with E-state index >= 15 is 0 Å². The van der Waals surface area contributed by atoms with Crippen LogP contribution in [0.4, 0.5) is 11.4 Å². The van der Waals surface area contributed by atoms with Crippen LogP contribution in [0, 0.1) is 5.92 Å². The topological polar surface area (TPSA) is 29.3 Å². The molecule has 88 valence electrons. The Morgan fingerprint density at radius 1 is 1.19 bits per heavy atom. The maximum Gasteiger partial charge on any atom is 0.0367 e. The molecule has 0 radical (unpaired) electrons. The highest BCUT2D eigenvalue weighted by molar-refractivity contribution is 5.53. The second-order valence-corrected chi connectivity index (χ2v) is 5.13. The molecule has 2 N–H and O–H groups in total. The molecule has 0 aromatic heterocycles. The molecule has 2 heteroatoms. The predicted octanol–water partition coefficient (Wildman–Crippen LogP) is 3.28. The highest BCUT2D eigenvalue weighted by atomic mass is 15.1. The Labute approximate surface area is 98.4 Å². The van der Waals surface area contributed by atoms with Gasteiger partial charge in [0.25, 0.3) is 0 Å². The molecule has 0 heterocycles. The van der Waals surface area contributed by atoms with Crippen molar-refractivity contribution >= 4 is 11.4 Å². The van der Waals surface area contributed by atoms with Crippen molar-refractivity contribution in [3.63, 3.8) is 0 Å². The Balaban J connectivity index is 2.06. The molecule has 1 aromatic carbocycles. The minimum atomic E-state index is 0.701. The molecule has 0 spiro atoms. The van der Waals surface area contributed by atoms with Crippen LogP contribution in [0.3, 0.4) is 0 Å². The van der Waals surface area contributed by atoms with E-state index in [0.717, 1.165) is 11.6 Å². The van der Waals surface area contributed by atoms with E-state index in [0.29, 0.717) is 6.04 Å². The van der Waals surface area contributed by atoms with Crippen molar-refractivity contribution in [2.45, 2.75) is 38.6 Å². The molecule has 16 heavy (non-hydrogen) atoms. The maximum absolute atomic E-state index is 5.71. The first kappa shape index (κ1) is 11.3. The summed E-state index contributed by atoms with van der Waals surface area (Å²) in [7, 11) is 2.20. The van der Waals surface area contributed by atoms with Gasteiger partial charge in [0.1, 0.15) is 0 Å². The molecule has 0 aliphatic heterocycles. The van der Waals surface area contributed by atoms with Gasteiger partial charge in [-0.25, -0.2) is 0 Å². The summed E-state index contributed by atoms with van der Waals surface area (Å²) in [6, 6.07) is 8.91. The summed E-state index contributed by atoms with van der Waals surface area (Å²) in [6.07, 6.45) is 5.41. The molecule has 0 amide bonds. The predicted molar refractivity (Wildman–Crippen MR) is 70.7 cm³/mol. The van der Waals surface area contributed by atoms with Gasteiger partial charge in [0.05, 0.1) is 0 Å². The van der Waals surface area contributed by atoms with Gasteiger partial charge in [-0.3, -0.25) is 0 Å². The standard InChI is InChI=1S/C14H22N2/c1-11-4-3-5-14(10-11)16(2)13-8-6-12(15)7-9-13/h6-9,11,14H,3-5,10,15H2,1-2H3. The maximum atomic E-state index is 5.71. The van der Waals surface area contributed by atoms with Crippen molar-refractivity contribution in [2.24, 2.45) is 5.92 Å². The first-order valence-electron chi connectivity index (χ1n) is 6.25. The molecule has 1 saturated carbocycles. The Hall–Kier alpha value is -1.18. The van der Waals surface area contributed by atoms with E-state index in [4.69, 9.17) is 5.73 Å². The minimum absolute atomic E-state index is 0.701. The molecule has 1 aliphatic rings. The van der Waals surface area contributed by atoms with E-state index in [-0.39, 0.29) is 0 Å². The van der Waals surface area contributed by atoms with Gasteiger partial charge in [-0.2, -0.15) is 0 Å². The number of anilines is 2. The Morgan fingerprint density at radius 3 is 2.50 bits per heavy atom. The number of benzene rings is 1. The second-order valence-electron chi connectivity index (χ2n) is 5.13. The van der Waals surface area contributed by atoms with Gasteiger partial charge in [-0.1, -0.05) is 19.8 Å². The van der Waals surface area contributed by atoms with Crippen molar-refractivity contribution in [1.29, 1.82) is 0 Å². The van der Waals surface area contributed by atoms with Gasteiger partial charge in [0, 0.05) is 24.5 Å². The zero-order valence-electron chi connectivity index (χ0n) is 10.3. The van der Waals surface area contributed by atoms with Crippen LogP contribution in [-0.2, 0) is 0 Å². The summed E-state index contributed by atoms with van der Waals surface area (Å²) >= 11 is 0. The van der Waals surface area contributed by atoms with E-state index in [1.165, 1.54) is 31.4 Å². The highest BCUT2D eigenvalue weighted by Gasteiger charge is 2.22. The molecule has 0 saturated heterocycles. The second kappa shape index (κ2) is 4.77. The van der Waals surface area contributed by atoms with Crippen LogP contribution in [0.5, 0.6) is 0 Å². The van der Waals surface area contributed by atoms with E-state index in [9.17, 15) is 0 Å². The number of nitrogens with two attached hydrogens (primary N) is 1. The molecular formula is C14H22N2. The lowest BCUT2D eigenvalue weighted by Crippen LogP contribution is -2.35. The van der Waals surface area contributed by atoms with E-state index in [1.807, 2.05) is 12.1 Å². The van der Waals surface area contributed by atoms with Crippen molar-refractivity contribution in [2.75, 3.05) is 17.7 Å². The third-order valence-corrected chi connectivity index (χ3v) is 3.76. The van der Waals surface area contributed by atoms with Gasteiger partial charge in [0.2, 0.25) is 0 Å². The summed E-state index contributed by atoms with van der Waals surface area (Å²) in [6.45, 7) is 2.36. The van der Waals surface area contributed by atoms with Crippen molar-refractivity contribution in [3.05, 3.63) is 24.3 Å². The van der Waals surface area contributed by atoms with Crippen LogP contribution in [0.1, 0.15) is 32.6 Å². The zero-order chi connectivity index (χ0) is 11.5. The molecule has 1 aliphatic carbocycles. The molecular weight excluding hydrogens is 196 g/mol. The molecule has 2 rings (SSSR count). The van der Waals surface area contributed by atoms with Gasteiger partial charge >= 0.3 is 0 Å². The highest BCUT2D eigenvalue weighted by Crippen LogP contribution is 2.29. The molecule has 0 bridgehead atoms. The Kier molecular flexibility index (Phi) is 3.37. The quantitative estimate of drug-likeness (QED) is 0.772. The Bertz CT molecular complexity index is 331. The molecule has 2 atom stereocenters. The molecule has 2 nitrogen and oxygen atoms in total. The number of nitrogens with zero attached hydrogens (tertiary/aromatic N) is 1. The first-order chi connectivity index (χ1) is 7.66. The van der Waals surface area contributed by atoms with Gasteiger partial charge < -0.3 is 10.6 Å². The number of hydrogen-bond acceptors (Lipinski definition) is 2. The summed E-state index contributed by atoms with van der Waals surface area (Å²) < 4.78 is 0. The van der Waals surface area contributed by atoms with Crippen LogP contribution in [0.15, 0.2) is 24.3 Å². The van der Waals surface area contributed by atoms with Gasteiger partial charge in [0.15, 0.2) is 0 Å². The van der Waals surface area contributed by atoms with Crippen LogP contribution in [0.25, 0.3) is 0 Å². The Morgan fingerprint density at radius 2 is 1.88 bits per heavy atom. The smallest absolute Gasteiger partial charge is 0.0367 e. The van der Waals surface area contributed by atoms with Crippen molar-refractivity contribution < 1.29 is 0 Å². The van der Waals surface area contributed by atoms with Crippen molar-refractivity contribution in [3.8, 4) is 0 Å². The average Bonchev–Trinajstić information content (AvgIpc) is 2.29. The van der Waals surface area contributed by atoms with E-state index in [2.05, 4.69) is 31.0 Å². The number of rotatable bonds is 2. The van der Waals surface area contributed by atoms with Crippen LogP contribution in [0.2, 0.25) is 0 Å². The third-order valence-electron chi connectivity index (χ3n) is 3.76. The summed E-state index contributed by atoms with van der Waals surface area (Å²) in [5.41, 5.74) is 7.84. The normalized spacial score (nSPS) is 25.4. The minimum Gasteiger partial charge on any atom is -0.399 e. The summed E-state index contributed by atoms with van der Waals surface area (Å²) in [5.74, 6) is 0.870. The largest absolute Gasteiger partial charge is 0.399 e. The van der Waals surface area contributed by atoms with Crippen LogP contribution >= 0.6 is 0 Å². The van der Waals surface area contributed by atoms with Crippen LogP contribution in [-0.4, -0.2) is 13.1 Å². The molecule has 1 aromatic rings. The third kappa shape index (κ3) is 2.49. The summed E-state index contributed by atoms with van der Waals surface area (Å²) in [5, 5.41) is 0. The molecule has 2 unspecified atom stereocenters. The van der Waals surface area contributed by atoms with Gasteiger partial charge in [-0.05, 0) is 43.0 Å². The zero-order valence-corrected chi connectivity index (χ0v) is 10.3. The number of nitrogen functional groups attached to an aromatic ring is 1. The lowest BCUT2D eigenvalue weighted by molar-refractivity contribution is 0.336. The van der Waals surface area contributed by atoms with E-state index in [1.54, 1.807) is 0 Å². The SMILES string of the molecule is CC1CCCC(N(C)c2ccc(N)cc2)C1. The average molecular weight is 218 g/mol. The van der Waals surface area contributed by atoms with Gasteiger partial charge in [-0.15, -0.1) is 0 Å². The fourth-order valence-corrected chi connectivity index (χ4v) is 2.67. The fraction of sp³-hybridized carbons (Fsp3) is 0.571. The van der Waals surface area contributed by atoms with Crippen LogP contribution < -0.4 is 10.6 Å². The summed E-state index contributed by atoms with van der Waals surface area (Å²) in [4.78, 5) is 2.41. The van der Waals surface area contributed by atoms with E-state index < -0.39 is 0 Å².